The number of pyridine rings is 1. The van der Waals surface area contributed by atoms with Crippen molar-refractivity contribution >= 4 is 22.6 Å². The summed E-state index contributed by atoms with van der Waals surface area (Å²) in [7, 11) is 0. The van der Waals surface area contributed by atoms with Crippen molar-refractivity contribution in [2.24, 2.45) is 0 Å². The first-order valence-electron chi connectivity index (χ1n) is 6.32. The van der Waals surface area contributed by atoms with Crippen molar-refractivity contribution in [1.82, 2.24) is 14.5 Å². The third kappa shape index (κ3) is 2.34. The van der Waals surface area contributed by atoms with E-state index in [2.05, 4.69) is 9.97 Å². The first-order chi connectivity index (χ1) is 10.2. The van der Waals surface area contributed by atoms with Crippen molar-refractivity contribution in [3.63, 3.8) is 0 Å². The maximum absolute atomic E-state index is 13.5. The molecule has 0 unspecified atom stereocenters. The molecule has 0 spiro atoms. The van der Waals surface area contributed by atoms with Crippen LogP contribution in [-0.4, -0.2) is 20.4 Å². The number of rotatable bonds is 3. The van der Waals surface area contributed by atoms with E-state index >= 15 is 0 Å². The van der Waals surface area contributed by atoms with Gasteiger partial charge in [-0.25, -0.2) is 9.37 Å². The molecule has 0 aliphatic heterocycles. The molecule has 3 rings (SSSR count). The summed E-state index contributed by atoms with van der Waals surface area (Å²) in [5.41, 5.74) is 2.27. The zero-order valence-corrected chi connectivity index (χ0v) is 11.7. The van der Waals surface area contributed by atoms with Crippen LogP contribution in [0.25, 0.3) is 16.7 Å². The van der Waals surface area contributed by atoms with Gasteiger partial charge in [-0.15, -0.1) is 11.6 Å². The smallest absolute Gasteiger partial charge is 0.141 e. The second-order valence-corrected chi connectivity index (χ2v) is 4.82. The normalized spacial score (nSPS) is 10.7. The molecule has 0 radical (unpaired) electrons. The summed E-state index contributed by atoms with van der Waals surface area (Å²) in [5.74, 6) is 0.637. The lowest BCUT2D eigenvalue weighted by Gasteiger charge is -2.09. The molecule has 0 fully saturated rings. The van der Waals surface area contributed by atoms with E-state index in [1.807, 2.05) is 16.7 Å². The number of alkyl halides is 1. The van der Waals surface area contributed by atoms with E-state index in [1.165, 1.54) is 12.1 Å². The second-order valence-electron chi connectivity index (χ2n) is 4.44. The highest BCUT2D eigenvalue weighted by Crippen LogP contribution is 2.23. The Hall–Kier alpha value is -2.45. The zero-order chi connectivity index (χ0) is 14.8. The molecule has 2 heterocycles. The minimum absolute atomic E-state index is 0.000213. The molecule has 3 aromatic rings. The summed E-state index contributed by atoms with van der Waals surface area (Å²) in [5, 5.41) is 8.98. The fourth-order valence-corrected chi connectivity index (χ4v) is 2.43. The summed E-state index contributed by atoms with van der Waals surface area (Å²) in [4.78, 5) is 8.54. The molecule has 0 saturated heterocycles. The lowest BCUT2D eigenvalue weighted by Crippen LogP contribution is -2.03. The molecule has 0 atom stereocenters. The van der Waals surface area contributed by atoms with Crippen LogP contribution >= 0.6 is 11.6 Å². The molecular formula is C15H10ClFN4. The zero-order valence-electron chi connectivity index (χ0n) is 10.9. The third-order valence-electron chi connectivity index (χ3n) is 3.17. The Bertz CT molecular complexity index is 850. The van der Waals surface area contributed by atoms with Crippen molar-refractivity contribution in [1.29, 1.82) is 5.26 Å². The monoisotopic (exact) mass is 300 g/mol. The first-order valence-corrected chi connectivity index (χ1v) is 6.85. The quantitative estimate of drug-likeness (QED) is 0.698. The first kappa shape index (κ1) is 13.5. The fourth-order valence-electron chi connectivity index (χ4n) is 2.26. The molecule has 0 aliphatic rings. The predicted molar refractivity (Wildman–Crippen MR) is 78.0 cm³/mol. The van der Waals surface area contributed by atoms with Crippen molar-refractivity contribution in [2.75, 3.05) is 5.88 Å². The average molecular weight is 301 g/mol. The molecule has 1 aromatic carbocycles. The summed E-state index contributed by atoms with van der Waals surface area (Å²) in [6.07, 6.45) is 3.90. The number of aromatic nitrogens is 3. The van der Waals surface area contributed by atoms with E-state index in [1.54, 1.807) is 18.5 Å². The van der Waals surface area contributed by atoms with Crippen LogP contribution < -0.4 is 0 Å². The fraction of sp³-hybridized carbons (Fsp3) is 0.133. The molecule has 0 N–H and O–H groups in total. The van der Waals surface area contributed by atoms with E-state index in [0.29, 0.717) is 18.0 Å². The van der Waals surface area contributed by atoms with E-state index in [4.69, 9.17) is 16.9 Å². The van der Waals surface area contributed by atoms with Crippen LogP contribution in [0.2, 0.25) is 0 Å². The number of nitriles is 1. The van der Waals surface area contributed by atoms with Crippen molar-refractivity contribution in [3.8, 4) is 11.8 Å². The Balaban J connectivity index is 2.28. The summed E-state index contributed by atoms with van der Waals surface area (Å²) >= 11 is 5.83. The summed E-state index contributed by atoms with van der Waals surface area (Å²) < 4.78 is 15.4. The molecule has 2 aromatic heterocycles. The molecule has 6 heteroatoms. The lowest BCUT2D eigenvalue weighted by molar-refractivity contribution is 0.623. The molecule has 0 saturated carbocycles. The van der Waals surface area contributed by atoms with E-state index in [9.17, 15) is 4.39 Å². The maximum Gasteiger partial charge on any atom is 0.141 e. The van der Waals surface area contributed by atoms with E-state index in [-0.39, 0.29) is 5.56 Å². The summed E-state index contributed by atoms with van der Waals surface area (Å²) in [6.45, 7) is 0. The van der Waals surface area contributed by atoms with E-state index in [0.717, 1.165) is 16.9 Å². The number of nitrogens with zero attached hydrogens (tertiary/aromatic N) is 4. The third-order valence-corrected chi connectivity index (χ3v) is 3.36. The highest BCUT2D eigenvalue weighted by molar-refractivity contribution is 6.17. The summed E-state index contributed by atoms with van der Waals surface area (Å²) in [6, 6.07) is 8.09. The van der Waals surface area contributed by atoms with Gasteiger partial charge < -0.3 is 0 Å². The lowest BCUT2D eigenvalue weighted by atomic mass is 10.2. The number of hydrogen-bond donors (Lipinski definition) is 0. The Labute approximate surface area is 125 Å². The van der Waals surface area contributed by atoms with Gasteiger partial charge in [0, 0.05) is 24.2 Å². The van der Waals surface area contributed by atoms with Crippen LogP contribution in [0, 0.1) is 17.1 Å². The van der Waals surface area contributed by atoms with Gasteiger partial charge in [-0.2, -0.15) is 5.26 Å². The minimum atomic E-state index is -0.536. The Kier molecular flexibility index (Phi) is 3.55. The van der Waals surface area contributed by atoms with Crippen molar-refractivity contribution in [3.05, 3.63) is 53.9 Å². The average Bonchev–Trinajstić information content (AvgIpc) is 2.86. The van der Waals surface area contributed by atoms with E-state index < -0.39 is 5.82 Å². The second kappa shape index (κ2) is 5.51. The highest BCUT2D eigenvalue weighted by atomic mass is 35.5. The number of hydrogen-bond acceptors (Lipinski definition) is 3. The Morgan fingerprint density at radius 3 is 2.95 bits per heavy atom. The van der Waals surface area contributed by atoms with Crippen LogP contribution in [0.15, 0.2) is 36.7 Å². The van der Waals surface area contributed by atoms with Crippen LogP contribution in [0.1, 0.15) is 11.4 Å². The van der Waals surface area contributed by atoms with Gasteiger partial charge in [0.25, 0.3) is 0 Å². The Morgan fingerprint density at radius 1 is 1.33 bits per heavy atom. The number of fused-ring (bicyclic) bond motifs is 1. The van der Waals surface area contributed by atoms with Gasteiger partial charge in [-0.3, -0.25) is 9.55 Å². The number of aryl methyl sites for hydroxylation is 1. The van der Waals surface area contributed by atoms with Crippen molar-refractivity contribution < 1.29 is 4.39 Å². The molecule has 21 heavy (non-hydrogen) atoms. The van der Waals surface area contributed by atoms with Gasteiger partial charge in [0.1, 0.15) is 23.2 Å². The van der Waals surface area contributed by atoms with Gasteiger partial charge in [0.15, 0.2) is 0 Å². The Morgan fingerprint density at radius 2 is 2.19 bits per heavy atom. The predicted octanol–water partition coefficient (Wildman–Crippen LogP) is 3.21. The number of imidazole rings is 1. The molecular weight excluding hydrogens is 291 g/mol. The topological polar surface area (TPSA) is 54.5 Å². The van der Waals surface area contributed by atoms with Gasteiger partial charge in [-0.05, 0) is 24.3 Å². The van der Waals surface area contributed by atoms with Gasteiger partial charge in [0.2, 0.25) is 0 Å². The molecule has 4 nitrogen and oxygen atoms in total. The minimum Gasteiger partial charge on any atom is -0.296 e. The van der Waals surface area contributed by atoms with Gasteiger partial charge >= 0.3 is 0 Å². The number of benzene rings is 1. The standard InChI is InChI=1S/C15H10ClFN4/c16-5-3-15-20-13-9-19-6-4-14(13)21(15)11-1-2-12(17)10(7-11)8-18/h1-2,4,6-7,9H,3,5H2. The van der Waals surface area contributed by atoms with Crippen molar-refractivity contribution in [2.45, 2.75) is 6.42 Å². The maximum atomic E-state index is 13.5. The molecule has 0 aliphatic carbocycles. The van der Waals surface area contributed by atoms with Crippen LogP contribution in [0.3, 0.4) is 0 Å². The SMILES string of the molecule is N#Cc1cc(-n2c(CCCl)nc3cnccc32)ccc1F. The molecule has 0 bridgehead atoms. The highest BCUT2D eigenvalue weighted by Gasteiger charge is 2.13. The molecule has 104 valence electrons. The number of halogens is 2. The van der Waals surface area contributed by atoms with Crippen LogP contribution in [-0.2, 0) is 6.42 Å². The van der Waals surface area contributed by atoms with Gasteiger partial charge in [0.05, 0.1) is 17.3 Å². The van der Waals surface area contributed by atoms with Crippen LogP contribution in [0.5, 0.6) is 0 Å². The molecule has 0 amide bonds. The van der Waals surface area contributed by atoms with Crippen LogP contribution in [0.4, 0.5) is 4.39 Å². The largest absolute Gasteiger partial charge is 0.296 e. The van der Waals surface area contributed by atoms with Gasteiger partial charge in [-0.1, -0.05) is 0 Å².